The van der Waals surface area contributed by atoms with Crippen LogP contribution in [-0.2, 0) is 14.3 Å². The van der Waals surface area contributed by atoms with Crippen molar-refractivity contribution in [2.75, 3.05) is 54.1 Å². The number of likely N-dealkylation sites (N-methyl/N-ethyl adjacent to an activating group) is 1. The Bertz CT molecular complexity index is 404. The van der Waals surface area contributed by atoms with Crippen LogP contribution in [0, 0.1) is 11.8 Å². The number of nitrogens with zero attached hydrogens (tertiary/aromatic N) is 2. The number of methoxy groups -OCH3 is 1. The Balaban J connectivity index is 1.90. The van der Waals surface area contributed by atoms with Crippen molar-refractivity contribution in [3.8, 4) is 0 Å². The molecule has 2 atom stereocenters. The van der Waals surface area contributed by atoms with E-state index in [1.54, 1.807) is 26.1 Å². The van der Waals surface area contributed by atoms with Crippen molar-refractivity contribution < 1.29 is 14.3 Å². The average molecular weight is 326 g/mol. The maximum atomic E-state index is 11.8. The highest BCUT2D eigenvalue weighted by molar-refractivity contribution is 5.85. The number of aliphatic imine (C=N–C) groups is 1. The largest absolute Gasteiger partial charge is 0.383 e. The van der Waals surface area contributed by atoms with Crippen molar-refractivity contribution in [1.29, 1.82) is 0 Å². The molecule has 7 heteroatoms. The van der Waals surface area contributed by atoms with Crippen molar-refractivity contribution >= 4 is 11.9 Å². The number of hydrogen-bond acceptors (Lipinski definition) is 4. The van der Waals surface area contributed by atoms with Gasteiger partial charge in [-0.3, -0.25) is 4.79 Å². The molecule has 1 saturated heterocycles. The maximum absolute atomic E-state index is 11.8. The molecule has 2 aliphatic rings. The number of carbonyl (C=O) groups excluding carboxylic acids is 1. The molecule has 0 aromatic carbocycles. The summed E-state index contributed by atoms with van der Waals surface area (Å²) in [5.41, 5.74) is 0. The fourth-order valence-corrected chi connectivity index (χ4v) is 2.58. The van der Waals surface area contributed by atoms with Gasteiger partial charge in [-0.05, 0) is 25.2 Å². The second-order valence-electron chi connectivity index (χ2n) is 6.61. The van der Waals surface area contributed by atoms with Gasteiger partial charge in [0.2, 0.25) is 5.91 Å². The first-order chi connectivity index (χ1) is 11.1. The molecule has 1 aliphatic carbocycles. The number of rotatable bonds is 8. The Hall–Kier alpha value is -1.34. The molecule has 1 aliphatic heterocycles. The van der Waals surface area contributed by atoms with E-state index >= 15 is 0 Å². The van der Waals surface area contributed by atoms with Crippen LogP contribution >= 0.6 is 0 Å². The zero-order valence-corrected chi connectivity index (χ0v) is 14.5. The smallest absolute Gasteiger partial charge is 0.243 e. The Kier molecular flexibility index (Phi) is 7.11. The van der Waals surface area contributed by atoms with Crippen LogP contribution in [-0.4, -0.2) is 76.9 Å². The number of carbonyl (C=O) groups is 1. The second-order valence-corrected chi connectivity index (χ2v) is 6.61. The van der Waals surface area contributed by atoms with Gasteiger partial charge in [-0.1, -0.05) is 0 Å². The maximum Gasteiger partial charge on any atom is 0.243 e. The minimum Gasteiger partial charge on any atom is -0.383 e. The Morgan fingerprint density at radius 3 is 2.74 bits per heavy atom. The molecule has 2 rings (SSSR count). The van der Waals surface area contributed by atoms with Crippen LogP contribution in [0.1, 0.15) is 19.3 Å². The Morgan fingerprint density at radius 1 is 1.39 bits per heavy atom. The molecule has 2 unspecified atom stereocenters. The van der Waals surface area contributed by atoms with Crippen LogP contribution < -0.4 is 10.6 Å². The molecule has 0 radical (unpaired) electrons. The quantitative estimate of drug-likeness (QED) is 0.488. The van der Waals surface area contributed by atoms with E-state index in [9.17, 15) is 4.79 Å². The summed E-state index contributed by atoms with van der Waals surface area (Å²) in [6.07, 6.45) is 3.52. The molecule has 0 aromatic heterocycles. The Morgan fingerprint density at radius 2 is 2.17 bits per heavy atom. The third-order valence-electron chi connectivity index (χ3n) is 4.31. The number of guanidine groups is 1. The van der Waals surface area contributed by atoms with Crippen LogP contribution in [0.15, 0.2) is 4.99 Å². The van der Waals surface area contributed by atoms with E-state index in [0.717, 1.165) is 26.2 Å². The first-order valence-corrected chi connectivity index (χ1v) is 8.41. The normalized spacial score (nSPS) is 22.7. The molecule has 2 fully saturated rings. The first kappa shape index (κ1) is 18.0. The number of amides is 1. The van der Waals surface area contributed by atoms with Gasteiger partial charge >= 0.3 is 0 Å². The van der Waals surface area contributed by atoms with Gasteiger partial charge in [0, 0.05) is 40.3 Å². The monoisotopic (exact) mass is 326 g/mol. The molecule has 0 spiro atoms. The minimum absolute atomic E-state index is 0.00925. The molecule has 1 amide bonds. The number of ether oxygens (including phenoxy) is 2. The molecular formula is C16H30N4O3. The molecule has 0 aromatic rings. The molecule has 1 heterocycles. The van der Waals surface area contributed by atoms with Crippen molar-refractivity contribution in [1.82, 2.24) is 15.5 Å². The molecule has 132 valence electrons. The van der Waals surface area contributed by atoms with Crippen LogP contribution in [0.3, 0.4) is 0 Å². The summed E-state index contributed by atoms with van der Waals surface area (Å²) in [6, 6.07) is 0.250. The summed E-state index contributed by atoms with van der Waals surface area (Å²) < 4.78 is 10.7. The first-order valence-electron chi connectivity index (χ1n) is 8.41. The minimum atomic E-state index is -0.00925. The van der Waals surface area contributed by atoms with Gasteiger partial charge in [-0.2, -0.15) is 0 Å². The van der Waals surface area contributed by atoms with Crippen molar-refractivity contribution in [2.45, 2.75) is 25.3 Å². The Labute approximate surface area is 138 Å². The molecule has 7 nitrogen and oxygen atoms in total. The fourth-order valence-electron chi connectivity index (χ4n) is 2.58. The van der Waals surface area contributed by atoms with E-state index in [2.05, 4.69) is 15.6 Å². The average Bonchev–Trinajstić information content (AvgIpc) is 3.24. The van der Waals surface area contributed by atoms with Gasteiger partial charge < -0.3 is 25.0 Å². The van der Waals surface area contributed by atoms with Gasteiger partial charge in [-0.25, -0.2) is 4.99 Å². The van der Waals surface area contributed by atoms with Crippen molar-refractivity contribution in [2.24, 2.45) is 16.8 Å². The van der Waals surface area contributed by atoms with Gasteiger partial charge in [0.15, 0.2) is 5.96 Å². The molecule has 1 saturated carbocycles. The lowest BCUT2D eigenvalue weighted by atomic mass is 10.1. The van der Waals surface area contributed by atoms with E-state index in [0.29, 0.717) is 24.4 Å². The summed E-state index contributed by atoms with van der Waals surface area (Å²) in [7, 11) is 5.20. The van der Waals surface area contributed by atoms with Crippen LogP contribution in [0.5, 0.6) is 0 Å². The third kappa shape index (κ3) is 6.35. The van der Waals surface area contributed by atoms with Crippen molar-refractivity contribution in [3.63, 3.8) is 0 Å². The van der Waals surface area contributed by atoms with Crippen LogP contribution in [0.2, 0.25) is 0 Å². The summed E-state index contributed by atoms with van der Waals surface area (Å²) in [4.78, 5) is 17.8. The number of nitrogens with one attached hydrogen (secondary N) is 2. The van der Waals surface area contributed by atoms with E-state index in [1.807, 2.05) is 0 Å². The van der Waals surface area contributed by atoms with Crippen LogP contribution in [0.25, 0.3) is 0 Å². The lowest BCUT2D eigenvalue weighted by Crippen LogP contribution is -2.48. The van der Waals surface area contributed by atoms with E-state index in [-0.39, 0.29) is 18.5 Å². The predicted octanol–water partition coefficient (Wildman–Crippen LogP) is 0.0713. The highest BCUT2D eigenvalue weighted by Gasteiger charge is 2.32. The predicted molar refractivity (Wildman–Crippen MR) is 89.4 cm³/mol. The van der Waals surface area contributed by atoms with E-state index in [1.165, 1.54) is 12.8 Å². The van der Waals surface area contributed by atoms with Gasteiger partial charge in [0.1, 0.15) is 6.54 Å². The highest BCUT2D eigenvalue weighted by atomic mass is 16.5. The molecule has 0 bridgehead atoms. The fraction of sp³-hybridized carbons (Fsp3) is 0.875. The lowest BCUT2D eigenvalue weighted by Gasteiger charge is -2.22. The SMILES string of the molecule is COCC(NC(=NCC(=O)N(C)C)NCC1CCOC1)C1CC1. The second kappa shape index (κ2) is 9.08. The summed E-state index contributed by atoms with van der Waals surface area (Å²) in [5.74, 6) is 1.83. The third-order valence-corrected chi connectivity index (χ3v) is 4.31. The van der Waals surface area contributed by atoms with E-state index in [4.69, 9.17) is 9.47 Å². The molecular weight excluding hydrogens is 296 g/mol. The van der Waals surface area contributed by atoms with Crippen LogP contribution in [0.4, 0.5) is 0 Å². The summed E-state index contributed by atoms with van der Waals surface area (Å²) >= 11 is 0. The topological polar surface area (TPSA) is 75.2 Å². The van der Waals surface area contributed by atoms with Gasteiger partial charge in [0.05, 0.1) is 19.3 Å². The summed E-state index contributed by atoms with van der Waals surface area (Å²) in [6.45, 7) is 3.24. The van der Waals surface area contributed by atoms with Gasteiger partial charge in [0.25, 0.3) is 0 Å². The van der Waals surface area contributed by atoms with Gasteiger partial charge in [-0.15, -0.1) is 0 Å². The number of hydrogen-bond donors (Lipinski definition) is 2. The van der Waals surface area contributed by atoms with Crippen molar-refractivity contribution in [3.05, 3.63) is 0 Å². The lowest BCUT2D eigenvalue weighted by molar-refractivity contribution is -0.127. The molecule has 2 N–H and O–H groups in total. The zero-order chi connectivity index (χ0) is 16.7. The van der Waals surface area contributed by atoms with E-state index < -0.39 is 0 Å². The molecule has 23 heavy (non-hydrogen) atoms. The zero-order valence-electron chi connectivity index (χ0n) is 14.5. The highest BCUT2D eigenvalue weighted by Crippen LogP contribution is 2.32. The standard InChI is InChI=1S/C16H30N4O3/c1-20(2)15(21)9-18-16(17-8-12-6-7-23-10-12)19-14(11-22-3)13-4-5-13/h12-14H,4-11H2,1-3H3,(H2,17,18,19). The summed E-state index contributed by atoms with van der Waals surface area (Å²) in [5, 5.41) is 6.80.